The van der Waals surface area contributed by atoms with Crippen LogP contribution in [-0.2, 0) is 65.1 Å². The molecule has 0 aromatic heterocycles. The molecule has 0 amide bonds. The molecule has 0 aliphatic carbocycles. The van der Waals surface area contributed by atoms with Crippen molar-refractivity contribution < 1.29 is 47.8 Å². The molecule has 0 spiro atoms. The largest absolute Gasteiger partial charge is 0.488 e. The van der Waals surface area contributed by atoms with Crippen LogP contribution in [-0.4, -0.2) is 73.2 Å². The number of ether oxygens (including phenoxy) is 8. The molecule has 0 bridgehead atoms. The first-order valence-corrected chi connectivity index (χ1v) is 12.5. The van der Waals surface area contributed by atoms with Crippen LogP contribution in [0, 0.1) is 0 Å². The van der Waals surface area contributed by atoms with Gasteiger partial charge in [0.05, 0.1) is 33.5 Å². The van der Waals surface area contributed by atoms with Crippen LogP contribution in [0.5, 0.6) is 11.5 Å². The minimum atomic E-state index is -1.06. The molecule has 0 fully saturated rings. The molecule has 0 radical (unpaired) electrons. The average molecular weight is 551 g/mol. The number of aliphatic hydroxyl groups is 1. The third-order valence-corrected chi connectivity index (χ3v) is 6.33. The molecular formula is C29H42O10. The molecule has 39 heavy (non-hydrogen) atoms. The zero-order valence-electron chi connectivity index (χ0n) is 24.3. The van der Waals surface area contributed by atoms with Crippen molar-refractivity contribution in [2.75, 3.05) is 55.9 Å². The van der Waals surface area contributed by atoms with Gasteiger partial charge in [0.2, 0.25) is 0 Å². The fraction of sp³-hybridized carbons (Fsp3) is 0.552. The van der Waals surface area contributed by atoms with Gasteiger partial charge in [-0.15, -0.1) is 0 Å². The van der Waals surface area contributed by atoms with Gasteiger partial charge in [0, 0.05) is 63.2 Å². The predicted octanol–water partition coefficient (Wildman–Crippen LogP) is 3.49. The molecule has 0 heterocycles. The van der Waals surface area contributed by atoms with E-state index in [1.807, 2.05) is 24.3 Å². The summed E-state index contributed by atoms with van der Waals surface area (Å²) in [5.74, 6) is 0.633. The maximum Gasteiger partial charge on any atom is 0.343 e. The van der Waals surface area contributed by atoms with Gasteiger partial charge in [-0.2, -0.15) is 0 Å². The van der Waals surface area contributed by atoms with Crippen LogP contribution in [0.4, 0.5) is 0 Å². The Morgan fingerprint density at radius 2 is 1.10 bits per heavy atom. The second kappa shape index (κ2) is 15.8. The first-order chi connectivity index (χ1) is 18.7. The number of methoxy groups -OCH3 is 6. The van der Waals surface area contributed by atoms with E-state index in [-0.39, 0.29) is 26.4 Å². The topological polar surface area (TPSA) is 111 Å². The van der Waals surface area contributed by atoms with Gasteiger partial charge in [-0.3, -0.25) is 0 Å². The van der Waals surface area contributed by atoms with Crippen LogP contribution in [0.1, 0.15) is 47.2 Å². The highest BCUT2D eigenvalue weighted by Crippen LogP contribution is 2.40. The zero-order chi connectivity index (χ0) is 29.0. The summed E-state index contributed by atoms with van der Waals surface area (Å²) in [4.78, 5) is 11.8. The van der Waals surface area contributed by atoms with E-state index in [2.05, 4.69) is 13.8 Å². The van der Waals surface area contributed by atoms with E-state index in [0.717, 1.165) is 33.4 Å². The van der Waals surface area contributed by atoms with Crippen LogP contribution >= 0.6 is 0 Å². The predicted molar refractivity (Wildman–Crippen MR) is 144 cm³/mol. The molecule has 0 saturated carbocycles. The van der Waals surface area contributed by atoms with Crippen molar-refractivity contribution in [2.45, 2.75) is 52.0 Å². The van der Waals surface area contributed by atoms with Crippen molar-refractivity contribution in [1.29, 1.82) is 0 Å². The van der Waals surface area contributed by atoms with Crippen molar-refractivity contribution in [3.8, 4) is 11.5 Å². The van der Waals surface area contributed by atoms with Gasteiger partial charge in [-0.05, 0) is 35.4 Å². The molecule has 2 rings (SSSR count). The fourth-order valence-electron chi connectivity index (χ4n) is 4.23. The molecule has 2 aromatic rings. The molecular weight excluding hydrogens is 508 g/mol. The van der Waals surface area contributed by atoms with Crippen molar-refractivity contribution in [2.24, 2.45) is 0 Å². The lowest BCUT2D eigenvalue weighted by Gasteiger charge is -2.30. The number of carbonyl (C=O) groups excluding carboxylic acids is 1. The van der Waals surface area contributed by atoms with Crippen molar-refractivity contribution in [1.82, 2.24) is 0 Å². The normalized spacial score (nSPS) is 12.3. The summed E-state index contributed by atoms with van der Waals surface area (Å²) in [6.45, 7) is 5.09. The summed E-state index contributed by atoms with van der Waals surface area (Å²) in [6.07, 6.45) is -1.06. The highest BCUT2D eigenvalue weighted by Gasteiger charge is 2.29. The van der Waals surface area contributed by atoms with Gasteiger partial charge < -0.3 is 43.0 Å². The maximum atomic E-state index is 11.8. The lowest BCUT2D eigenvalue weighted by atomic mass is 9.76. The van der Waals surface area contributed by atoms with Crippen LogP contribution in [0.25, 0.3) is 0 Å². The van der Waals surface area contributed by atoms with E-state index >= 15 is 0 Å². The minimum absolute atomic E-state index is 0.0412. The Hall–Kier alpha value is -2.73. The Morgan fingerprint density at radius 1 is 0.718 bits per heavy atom. The number of carbonyl (C=O) groups is 1. The standard InChI is InChI=1S/C29H42O10/c1-29(2,23-9-19(13-32-3)27(20(10-23)14-33-4)38-17-25(30)36-7)24-11-21(15-34-5)28(22(12-24)16-35-6)39-18-26(31)37-8/h9-12,25,30H,13-18H2,1-8H3. The summed E-state index contributed by atoms with van der Waals surface area (Å²) in [5.41, 5.74) is 4.67. The van der Waals surface area contributed by atoms with Crippen LogP contribution in [0.3, 0.4) is 0 Å². The lowest BCUT2D eigenvalue weighted by molar-refractivity contribution is -0.142. The number of hydrogen-bond acceptors (Lipinski definition) is 10. The van der Waals surface area contributed by atoms with Gasteiger partial charge in [-0.1, -0.05) is 13.8 Å². The van der Waals surface area contributed by atoms with Crippen LogP contribution < -0.4 is 9.47 Å². The molecule has 2 aromatic carbocycles. The molecule has 1 atom stereocenters. The van der Waals surface area contributed by atoms with Crippen molar-refractivity contribution in [3.63, 3.8) is 0 Å². The first kappa shape index (κ1) is 32.5. The van der Waals surface area contributed by atoms with E-state index in [1.165, 1.54) is 14.2 Å². The fourth-order valence-corrected chi connectivity index (χ4v) is 4.23. The van der Waals surface area contributed by atoms with Gasteiger partial charge in [0.25, 0.3) is 0 Å². The zero-order valence-corrected chi connectivity index (χ0v) is 24.3. The highest BCUT2D eigenvalue weighted by molar-refractivity contribution is 5.71. The number of hydrogen-bond donors (Lipinski definition) is 1. The van der Waals surface area contributed by atoms with Crippen LogP contribution in [0.2, 0.25) is 0 Å². The van der Waals surface area contributed by atoms with Gasteiger partial charge in [0.15, 0.2) is 12.9 Å². The van der Waals surface area contributed by atoms with E-state index in [4.69, 9.17) is 37.9 Å². The Morgan fingerprint density at radius 3 is 1.44 bits per heavy atom. The molecule has 10 nitrogen and oxygen atoms in total. The highest BCUT2D eigenvalue weighted by atomic mass is 16.6. The summed E-state index contributed by atoms with van der Waals surface area (Å²) in [6, 6.07) is 8.09. The third kappa shape index (κ3) is 8.63. The van der Waals surface area contributed by atoms with E-state index < -0.39 is 17.7 Å². The summed E-state index contributed by atoms with van der Waals surface area (Å²) < 4.78 is 43.4. The van der Waals surface area contributed by atoms with Crippen molar-refractivity contribution >= 4 is 5.97 Å². The lowest BCUT2D eigenvalue weighted by Crippen LogP contribution is -2.23. The SMILES string of the molecule is COCc1cc(C(C)(C)c2cc(COC)c(OCC(O)OC)c(COC)c2)cc(COC)c1OCC(=O)OC. The van der Waals surface area contributed by atoms with E-state index in [0.29, 0.717) is 24.7 Å². The molecule has 0 aliphatic rings. The number of benzene rings is 2. The Balaban J connectivity index is 2.66. The van der Waals surface area contributed by atoms with Crippen molar-refractivity contribution in [3.05, 3.63) is 57.6 Å². The summed E-state index contributed by atoms with van der Waals surface area (Å²) in [7, 11) is 9.16. The molecule has 0 aliphatic heterocycles. The first-order valence-electron chi connectivity index (χ1n) is 12.5. The Labute approximate surface area is 231 Å². The molecule has 1 N–H and O–H groups in total. The Bertz CT molecular complexity index is 1010. The molecule has 0 saturated heterocycles. The van der Waals surface area contributed by atoms with Gasteiger partial charge in [0.1, 0.15) is 18.1 Å². The third-order valence-electron chi connectivity index (χ3n) is 6.33. The Kier molecular flexibility index (Phi) is 13.1. The van der Waals surface area contributed by atoms with Gasteiger partial charge in [-0.25, -0.2) is 4.79 Å². The number of aliphatic hydroxyl groups excluding tert-OH is 1. The number of esters is 1. The molecule has 218 valence electrons. The molecule has 1 unspecified atom stereocenters. The monoisotopic (exact) mass is 550 g/mol. The second-order valence-electron chi connectivity index (χ2n) is 9.47. The second-order valence-corrected chi connectivity index (χ2v) is 9.47. The minimum Gasteiger partial charge on any atom is -0.488 e. The van der Waals surface area contributed by atoms with E-state index in [9.17, 15) is 9.90 Å². The average Bonchev–Trinajstić information content (AvgIpc) is 2.91. The number of rotatable bonds is 17. The quantitative estimate of drug-likeness (QED) is 0.232. The summed E-state index contributed by atoms with van der Waals surface area (Å²) in [5, 5.41) is 9.87. The van der Waals surface area contributed by atoms with Gasteiger partial charge >= 0.3 is 5.97 Å². The maximum absolute atomic E-state index is 11.8. The summed E-state index contributed by atoms with van der Waals surface area (Å²) >= 11 is 0. The van der Waals surface area contributed by atoms with E-state index in [1.54, 1.807) is 28.4 Å². The molecule has 10 heteroatoms. The van der Waals surface area contributed by atoms with Crippen LogP contribution in [0.15, 0.2) is 24.3 Å². The smallest absolute Gasteiger partial charge is 0.343 e.